The van der Waals surface area contributed by atoms with E-state index in [0.717, 1.165) is 18.2 Å². The number of amides is 2. The zero-order valence-corrected chi connectivity index (χ0v) is 25.3. The van der Waals surface area contributed by atoms with Crippen LogP contribution in [0.4, 0.5) is 17.6 Å². The number of nitrogens with zero attached hydrogens (tertiary/aromatic N) is 2. The van der Waals surface area contributed by atoms with E-state index < -0.39 is 47.1 Å². The Morgan fingerprint density at radius 3 is 2.47 bits per heavy atom. The molecule has 0 bridgehead atoms. The van der Waals surface area contributed by atoms with Gasteiger partial charge in [-0.15, -0.1) is 0 Å². The van der Waals surface area contributed by atoms with Gasteiger partial charge in [0.15, 0.2) is 0 Å². The lowest BCUT2D eigenvalue weighted by atomic mass is 9.81. The van der Waals surface area contributed by atoms with Crippen LogP contribution in [0, 0.1) is 12.7 Å². The van der Waals surface area contributed by atoms with E-state index in [1.165, 1.54) is 38.3 Å². The van der Waals surface area contributed by atoms with Gasteiger partial charge in [0.2, 0.25) is 11.5 Å². The number of pyridine rings is 2. The number of alkyl halides is 3. The molecule has 2 amide bonds. The highest BCUT2D eigenvalue weighted by molar-refractivity contribution is 6.32. The normalized spacial score (nSPS) is 17.4. The Morgan fingerprint density at radius 2 is 1.84 bits per heavy atom. The third-order valence-electron chi connectivity index (χ3n) is 7.70. The summed E-state index contributed by atoms with van der Waals surface area (Å²) < 4.78 is 69.1. The third-order valence-corrected chi connectivity index (χ3v) is 8.37. The Hall–Kier alpha value is -4.20. The second-order valence-electron chi connectivity index (χ2n) is 10.7. The van der Waals surface area contributed by atoms with Crippen LogP contribution in [-0.2, 0) is 15.8 Å². The SMILES string of the molecule is COc1cc(C(=O)NCC(O)(c2cc3c(c(-c4ccc(F)c(Cl)c4)n2)OC[C@]3(C)C(N)=O)C(F)(F)F)cc2cc(Cl)c(C)nc12. The highest BCUT2D eigenvalue weighted by Crippen LogP contribution is 2.48. The molecular formula is C30H24Cl2F4N4O5. The molecule has 4 N–H and O–H groups in total. The molecule has 0 aliphatic carbocycles. The number of aryl methyl sites for hydroxylation is 1. The maximum absolute atomic E-state index is 14.7. The van der Waals surface area contributed by atoms with E-state index in [0.29, 0.717) is 21.6 Å². The van der Waals surface area contributed by atoms with Gasteiger partial charge in [0, 0.05) is 22.1 Å². The molecule has 15 heteroatoms. The number of nitrogens with two attached hydrogens (primary N) is 1. The van der Waals surface area contributed by atoms with Gasteiger partial charge >= 0.3 is 6.18 Å². The Kier molecular flexibility index (Phi) is 8.09. The quantitative estimate of drug-likeness (QED) is 0.226. The number of hydrogen-bond acceptors (Lipinski definition) is 7. The van der Waals surface area contributed by atoms with Crippen LogP contribution < -0.4 is 20.5 Å². The third kappa shape index (κ3) is 5.49. The molecular weight excluding hydrogens is 643 g/mol. The summed E-state index contributed by atoms with van der Waals surface area (Å²) in [5.41, 5.74) is -0.352. The minimum Gasteiger partial charge on any atom is -0.494 e. The predicted octanol–water partition coefficient (Wildman–Crippen LogP) is 5.38. The standard InChI is InChI=1S/C30H24Cl2F4N4O5/c1-13-18(31)8-15-6-16(9-21(44-3)23(15)39-13)26(41)38-11-29(43,30(34,35)36)22-10-17-25(45-12-28(17,2)27(37)42)24(40-22)14-4-5-20(33)19(32)7-14/h4-10,43H,11-12H2,1-3H3,(H2,37,42)(H,38,41)/t28-,29?/m0/s1. The first kappa shape index (κ1) is 32.2. The summed E-state index contributed by atoms with van der Waals surface area (Å²) in [5.74, 6) is -2.64. The summed E-state index contributed by atoms with van der Waals surface area (Å²) in [6.07, 6.45) is -5.40. The Bertz CT molecular complexity index is 1890. The van der Waals surface area contributed by atoms with E-state index >= 15 is 0 Å². The summed E-state index contributed by atoms with van der Waals surface area (Å²) in [6.45, 7) is 1.29. The van der Waals surface area contributed by atoms with Gasteiger partial charge in [-0.1, -0.05) is 23.2 Å². The second kappa shape index (κ2) is 11.3. The van der Waals surface area contributed by atoms with E-state index in [1.807, 2.05) is 0 Å². The molecule has 2 aromatic heterocycles. The van der Waals surface area contributed by atoms with E-state index in [9.17, 15) is 32.3 Å². The molecule has 5 rings (SSSR count). The fourth-order valence-electron chi connectivity index (χ4n) is 4.89. The van der Waals surface area contributed by atoms with Gasteiger partial charge < -0.3 is 25.6 Å². The van der Waals surface area contributed by atoms with Crippen molar-refractivity contribution >= 4 is 45.9 Å². The molecule has 1 unspecified atom stereocenters. The Balaban J connectivity index is 1.60. The molecule has 0 radical (unpaired) electrons. The fraction of sp³-hybridized carbons (Fsp3) is 0.267. The molecule has 0 spiro atoms. The van der Waals surface area contributed by atoms with Crippen LogP contribution in [0.2, 0.25) is 10.0 Å². The first-order valence-electron chi connectivity index (χ1n) is 13.2. The molecule has 0 fully saturated rings. The number of nitrogens with one attached hydrogen (secondary N) is 1. The average Bonchev–Trinajstić information content (AvgIpc) is 3.34. The van der Waals surface area contributed by atoms with Gasteiger partial charge in [-0.05, 0) is 56.3 Å². The number of carbonyl (C=O) groups is 2. The number of methoxy groups -OCH3 is 1. The van der Waals surface area contributed by atoms with E-state index in [1.54, 1.807) is 6.92 Å². The molecule has 2 atom stereocenters. The first-order chi connectivity index (χ1) is 21.0. The van der Waals surface area contributed by atoms with E-state index in [4.69, 9.17) is 38.4 Å². The zero-order valence-electron chi connectivity index (χ0n) is 23.8. The number of ether oxygens (including phenoxy) is 2. The van der Waals surface area contributed by atoms with Crippen LogP contribution in [0.3, 0.4) is 0 Å². The number of rotatable bonds is 7. The van der Waals surface area contributed by atoms with Crippen LogP contribution in [0.5, 0.6) is 11.5 Å². The summed E-state index contributed by atoms with van der Waals surface area (Å²) in [7, 11) is 1.33. The topological polar surface area (TPSA) is 137 Å². The number of fused-ring (bicyclic) bond motifs is 2. The van der Waals surface area contributed by atoms with Crippen molar-refractivity contribution in [3.05, 3.63) is 80.8 Å². The highest BCUT2D eigenvalue weighted by atomic mass is 35.5. The molecule has 1 aliphatic heterocycles. The van der Waals surface area contributed by atoms with Crippen LogP contribution in [0.25, 0.3) is 22.2 Å². The number of aromatic nitrogens is 2. The van der Waals surface area contributed by atoms with Crippen molar-refractivity contribution in [3.8, 4) is 22.8 Å². The van der Waals surface area contributed by atoms with Crippen LogP contribution >= 0.6 is 23.2 Å². The van der Waals surface area contributed by atoms with Gasteiger partial charge in [0.1, 0.15) is 40.5 Å². The molecule has 9 nitrogen and oxygen atoms in total. The lowest BCUT2D eigenvalue weighted by molar-refractivity contribution is -0.265. The number of aliphatic hydroxyl groups is 1. The lowest BCUT2D eigenvalue weighted by Gasteiger charge is -2.31. The fourth-order valence-corrected chi connectivity index (χ4v) is 5.23. The van der Waals surface area contributed by atoms with Gasteiger partial charge in [-0.2, -0.15) is 13.2 Å². The Morgan fingerprint density at radius 1 is 1.13 bits per heavy atom. The van der Waals surface area contributed by atoms with Crippen LogP contribution in [-0.4, -0.2) is 53.3 Å². The molecule has 1 aliphatic rings. The van der Waals surface area contributed by atoms with Crippen molar-refractivity contribution in [1.29, 1.82) is 0 Å². The first-order valence-corrected chi connectivity index (χ1v) is 13.9. The molecule has 45 heavy (non-hydrogen) atoms. The second-order valence-corrected chi connectivity index (χ2v) is 11.5. The summed E-state index contributed by atoms with van der Waals surface area (Å²) >= 11 is 12.1. The minimum absolute atomic E-state index is 0.0348. The largest absolute Gasteiger partial charge is 0.494 e. The van der Waals surface area contributed by atoms with Crippen molar-refractivity contribution in [3.63, 3.8) is 0 Å². The maximum Gasteiger partial charge on any atom is 0.424 e. The predicted molar refractivity (Wildman–Crippen MR) is 157 cm³/mol. The van der Waals surface area contributed by atoms with Crippen molar-refractivity contribution in [2.24, 2.45) is 5.73 Å². The number of carbonyl (C=O) groups excluding carboxylic acids is 2. The van der Waals surface area contributed by atoms with Crippen LogP contribution in [0.15, 0.2) is 42.5 Å². The molecule has 4 aromatic rings. The number of hydrogen-bond donors (Lipinski definition) is 3. The molecule has 236 valence electrons. The van der Waals surface area contributed by atoms with Crippen molar-refractivity contribution in [1.82, 2.24) is 15.3 Å². The minimum atomic E-state index is -5.40. The number of primary amides is 1. The highest BCUT2D eigenvalue weighted by Gasteiger charge is 2.57. The molecule has 2 aromatic carbocycles. The lowest BCUT2D eigenvalue weighted by Crippen LogP contribution is -2.51. The van der Waals surface area contributed by atoms with Crippen molar-refractivity contribution in [2.75, 3.05) is 20.3 Å². The molecule has 3 heterocycles. The summed E-state index contributed by atoms with van der Waals surface area (Å²) in [6, 6.07) is 8.30. The van der Waals surface area contributed by atoms with Gasteiger partial charge in [-0.3, -0.25) is 9.59 Å². The maximum atomic E-state index is 14.7. The van der Waals surface area contributed by atoms with Gasteiger partial charge in [0.25, 0.3) is 5.91 Å². The monoisotopic (exact) mass is 666 g/mol. The van der Waals surface area contributed by atoms with Crippen molar-refractivity contribution < 1.29 is 41.7 Å². The van der Waals surface area contributed by atoms with Crippen LogP contribution in [0.1, 0.15) is 34.2 Å². The molecule has 0 saturated heterocycles. The van der Waals surface area contributed by atoms with Gasteiger partial charge in [0.05, 0.1) is 35.1 Å². The average molecular weight is 667 g/mol. The van der Waals surface area contributed by atoms with E-state index in [2.05, 4.69) is 15.3 Å². The summed E-state index contributed by atoms with van der Waals surface area (Å²) in [4.78, 5) is 34.0. The summed E-state index contributed by atoms with van der Waals surface area (Å²) in [5, 5.41) is 13.7. The Labute approximate surface area is 263 Å². The zero-order chi connectivity index (χ0) is 33.1. The number of halogens is 6. The smallest absolute Gasteiger partial charge is 0.424 e. The number of benzene rings is 2. The van der Waals surface area contributed by atoms with Gasteiger partial charge in [-0.25, -0.2) is 14.4 Å². The van der Waals surface area contributed by atoms with Crippen molar-refractivity contribution in [2.45, 2.75) is 31.0 Å². The van der Waals surface area contributed by atoms with E-state index in [-0.39, 0.29) is 45.5 Å². The molecule has 0 saturated carbocycles.